The molecule has 0 aliphatic carbocycles. The lowest BCUT2D eigenvalue weighted by Gasteiger charge is -2.27. The molecule has 1 aliphatic heterocycles. The number of carbonyl (C=O) groups excluding carboxylic acids is 1. The van der Waals surface area contributed by atoms with Crippen molar-refractivity contribution < 1.29 is 23.7 Å². The molecule has 2 aromatic rings. The standard InChI is InChI=1S/C18H18O5/c1-20-12-6-4-11(5-7-12)15-10-14(19)18-16(22-3)8-13(21-2)9-17(18)23-15/h4-9,15H,10H2,1-3H3/t15-/m0/s1. The summed E-state index contributed by atoms with van der Waals surface area (Å²) in [5.74, 6) is 2.30. The van der Waals surface area contributed by atoms with E-state index in [0.29, 0.717) is 22.8 Å². The molecule has 0 aromatic heterocycles. The SMILES string of the molecule is COc1ccc([C@@H]2CC(=O)c3c(OC)cc(OC)cc3O2)cc1. The molecule has 0 radical (unpaired) electrons. The van der Waals surface area contributed by atoms with Crippen molar-refractivity contribution in [3.63, 3.8) is 0 Å². The summed E-state index contributed by atoms with van der Waals surface area (Å²) in [5, 5.41) is 0. The Hall–Kier alpha value is -2.69. The van der Waals surface area contributed by atoms with Crippen molar-refractivity contribution in [3.8, 4) is 23.0 Å². The summed E-state index contributed by atoms with van der Waals surface area (Å²) in [5.41, 5.74) is 1.39. The molecule has 0 saturated heterocycles. The molecule has 1 heterocycles. The van der Waals surface area contributed by atoms with Gasteiger partial charge in [-0.2, -0.15) is 0 Å². The van der Waals surface area contributed by atoms with Crippen LogP contribution in [0.4, 0.5) is 0 Å². The Labute approximate surface area is 134 Å². The molecule has 120 valence electrons. The monoisotopic (exact) mass is 314 g/mol. The first-order valence-electron chi connectivity index (χ1n) is 7.26. The molecule has 0 saturated carbocycles. The number of rotatable bonds is 4. The molecule has 0 bridgehead atoms. The van der Waals surface area contributed by atoms with Crippen LogP contribution in [-0.2, 0) is 0 Å². The second-order valence-electron chi connectivity index (χ2n) is 5.21. The third-order valence-corrected chi connectivity index (χ3v) is 3.90. The summed E-state index contributed by atoms with van der Waals surface area (Å²) in [7, 11) is 4.70. The molecule has 2 aromatic carbocycles. The van der Waals surface area contributed by atoms with Crippen LogP contribution in [0.2, 0.25) is 0 Å². The number of Topliss-reactive ketones (excluding diaryl/α,β-unsaturated/α-hetero) is 1. The van der Waals surface area contributed by atoms with Crippen LogP contribution >= 0.6 is 0 Å². The molecule has 0 N–H and O–H groups in total. The molecule has 0 spiro atoms. The summed E-state index contributed by atoms with van der Waals surface area (Å²) in [6.07, 6.45) is -0.0696. The average Bonchev–Trinajstić information content (AvgIpc) is 2.60. The molecule has 5 nitrogen and oxygen atoms in total. The lowest BCUT2D eigenvalue weighted by Crippen LogP contribution is -2.21. The molecule has 1 atom stereocenters. The average molecular weight is 314 g/mol. The third kappa shape index (κ3) is 2.82. The van der Waals surface area contributed by atoms with E-state index in [1.165, 1.54) is 7.11 Å². The van der Waals surface area contributed by atoms with Gasteiger partial charge in [0, 0.05) is 12.1 Å². The van der Waals surface area contributed by atoms with Crippen LogP contribution in [0.5, 0.6) is 23.0 Å². The second-order valence-corrected chi connectivity index (χ2v) is 5.21. The molecular weight excluding hydrogens is 296 g/mol. The zero-order valence-electron chi connectivity index (χ0n) is 13.3. The Kier molecular flexibility index (Phi) is 4.10. The second kappa shape index (κ2) is 6.20. The van der Waals surface area contributed by atoms with Crippen LogP contribution in [0.25, 0.3) is 0 Å². The van der Waals surface area contributed by atoms with Crippen LogP contribution in [0.15, 0.2) is 36.4 Å². The van der Waals surface area contributed by atoms with Crippen molar-refractivity contribution in [1.82, 2.24) is 0 Å². The van der Waals surface area contributed by atoms with Crippen molar-refractivity contribution in [2.24, 2.45) is 0 Å². The number of ketones is 1. The quantitative estimate of drug-likeness (QED) is 0.865. The maximum Gasteiger partial charge on any atom is 0.174 e. The van der Waals surface area contributed by atoms with Crippen molar-refractivity contribution >= 4 is 5.78 Å². The van der Waals surface area contributed by atoms with E-state index in [-0.39, 0.29) is 18.3 Å². The predicted octanol–water partition coefficient (Wildman–Crippen LogP) is 3.42. The molecule has 0 fully saturated rings. The largest absolute Gasteiger partial charge is 0.497 e. The lowest BCUT2D eigenvalue weighted by molar-refractivity contribution is 0.0844. The van der Waals surface area contributed by atoms with E-state index < -0.39 is 0 Å². The van der Waals surface area contributed by atoms with Crippen LogP contribution in [0, 0.1) is 0 Å². The van der Waals surface area contributed by atoms with Gasteiger partial charge in [-0.25, -0.2) is 0 Å². The van der Waals surface area contributed by atoms with Crippen LogP contribution in [0.3, 0.4) is 0 Å². The highest BCUT2D eigenvalue weighted by molar-refractivity contribution is 6.02. The summed E-state index contributed by atoms with van der Waals surface area (Å²) in [6, 6.07) is 10.9. The molecule has 1 aliphatic rings. The zero-order valence-corrected chi connectivity index (χ0v) is 13.3. The van der Waals surface area contributed by atoms with E-state index in [4.69, 9.17) is 18.9 Å². The van der Waals surface area contributed by atoms with E-state index in [0.717, 1.165) is 11.3 Å². The zero-order chi connectivity index (χ0) is 16.4. The molecule has 0 unspecified atom stereocenters. The Balaban J connectivity index is 1.97. The lowest BCUT2D eigenvalue weighted by atomic mass is 9.95. The number of hydrogen-bond acceptors (Lipinski definition) is 5. The van der Waals surface area contributed by atoms with Gasteiger partial charge in [0.1, 0.15) is 34.7 Å². The first-order valence-corrected chi connectivity index (χ1v) is 7.26. The van der Waals surface area contributed by atoms with Gasteiger partial charge in [-0.1, -0.05) is 12.1 Å². The number of benzene rings is 2. The molecule has 3 rings (SSSR count). The number of methoxy groups -OCH3 is 3. The van der Waals surface area contributed by atoms with E-state index in [2.05, 4.69) is 0 Å². The highest BCUT2D eigenvalue weighted by atomic mass is 16.5. The summed E-state index contributed by atoms with van der Waals surface area (Å²) >= 11 is 0. The Morgan fingerprint density at radius 3 is 2.26 bits per heavy atom. The molecule has 5 heteroatoms. The van der Waals surface area contributed by atoms with E-state index in [1.807, 2.05) is 24.3 Å². The van der Waals surface area contributed by atoms with Gasteiger partial charge < -0.3 is 18.9 Å². The van der Waals surface area contributed by atoms with Gasteiger partial charge in [-0.05, 0) is 17.7 Å². The van der Waals surface area contributed by atoms with Crippen molar-refractivity contribution in [2.45, 2.75) is 12.5 Å². The molecule has 23 heavy (non-hydrogen) atoms. The van der Waals surface area contributed by atoms with Gasteiger partial charge in [0.15, 0.2) is 5.78 Å². The van der Waals surface area contributed by atoms with E-state index in [9.17, 15) is 4.79 Å². The minimum absolute atomic E-state index is 0.00780. The van der Waals surface area contributed by atoms with Gasteiger partial charge >= 0.3 is 0 Å². The first kappa shape index (κ1) is 15.2. The smallest absolute Gasteiger partial charge is 0.174 e. The summed E-state index contributed by atoms with van der Waals surface area (Å²) in [4.78, 5) is 12.5. The Morgan fingerprint density at radius 2 is 1.65 bits per heavy atom. The van der Waals surface area contributed by atoms with Crippen LogP contribution < -0.4 is 18.9 Å². The number of hydrogen-bond donors (Lipinski definition) is 0. The molecular formula is C18H18O5. The van der Waals surface area contributed by atoms with Crippen LogP contribution in [0.1, 0.15) is 28.4 Å². The topological polar surface area (TPSA) is 54.0 Å². The van der Waals surface area contributed by atoms with Gasteiger partial charge in [-0.15, -0.1) is 0 Å². The fraction of sp³-hybridized carbons (Fsp3) is 0.278. The number of carbonyl (C=O) groups is 1. The number of ether oxygens (including phenoxy) is 4. The van der Waals surface area contributed by atoms with Gasteiger partial charge in [0.25, 0.3) is 0 Å². The van der Waals surface area contributed by atoms with Gasteiger partial charge in [0.05, 0.1) is 27.8 Å². The Bertz CT molecular complexity index is 721. The van der Waals surface area contributed by atoms with Gasteiger partial charge in [-0.3, -0.25) is 4.79 Å². The fourth-order valence-electron chi connectivity index (χ4n) is 2.68. The van der Waals surface area contributed by atoms with Crippen molar-refractivity contribution in [2.75, 3.05) is 21.3 Å². The first-order chi connectivity index (χ1) is 11.2. The maximum absolute atomic E-state index is 12.5. The van der Waals surface area contributed by atoms with Gasteiger partial charge in [0.2, 0.25) is 0 Å². The normalized spacial score (nSPS) is 16.3. The molecule has 0 amide bonds. The third-order valence-electron chi connectivity index (χ3n) is 3.90. The predicted molar refractivity (Wildman–Crippen MR) is 84.9 cm³/mol. The van der Waals surface area contributed by atoms with Crippen molar-refractivity contribution in [3.05, 3.63) is 47.5 Å². The minimum Gasteiger partial charge on any atom is -0.497 e. The highest BCUT2D eigenvalue weighted by Gasteiger charge is 2.31. The highest BCUT2D eigenvalue weighted by Crippen LogP contribution is 2.42. The summed E-state index contributed by atoms with van der Waals surface area (Å²) < 4.78 is 21.7. The minimum atomic E-state index is -0.335. The van der Waals surface area contributed by atoms with Crippen molar-refractivity contribution in [1.29, 1.82) is 0 Å². The van der Waals surface area contributed by atoms with Crippen LogP contribution in [-0.4, -0.2) is 27.1 Å². The maximum atomic E-state index is 12.5. The number of fused-ring (bicyclic) bond motifs is 1. The fourth-order valence-corrected chi connectivity index (χ4v) is 2.68. The Morgan fingerprint density at radius 1 is 0.957 bits per heavy atom. The van der Waals surface area contributed by atoms with E-state index >= 15 is 0 Å². The summed E-state index contributed by atoms with van der Waals surface area (Å²) in [6.45, 7) is 0. The van der Waals surface area contributed by atoms with E-state index in [1.54, 1.807) is 26.4 Å².